The van der Waals surface area contributed by atoms with E-state index in [9.17, 15) is 0 Å². The first-order valence-corrected chi connectivity index (χ1v) is 4.99. The minimum Gasteiger partial charge on any atom is -0.290 e. The van der Waals surface area contributed by atoms with Crippen molar-refractivity contribution in [2.24, 2.45) is 0 Å². The van der Waals surface area contributed by atoms with Gasteiger partial charge in [-0.2, -0.15) is 10.5 Å². The lowest BCUT2D eigenvalue weighted by Crippen LogP contribution is -2.04. The molecular formula is C12H9N5. The average molecular weight is 223 g/mol. The predicted molar refractivity (Wildman–Crippen MR) is 60.3 cm³/mol. The Morgan fingerprint density at radius 1 is 1.24 bits per heavy atom. The first-order chi connectivity index (χ1) is 8.17. The molecule has 17 heavy (non-hydrogen) atoms. The smallest absolute Gasteiger partial charge is 0.217 e. The molecule has 0 aliphatic carbocycles. The highest BCUT2D eigenvalue weighted by Gasteiger charge is 2.12. The molecule has 2 aromatic rings. The molecule has 5 nitrogen and oxygen atoms in total. The summed E-state index contributed by atoms with van der Waals surface area (Å²) in [6, 6.07) is 5.87. The van der Waals surface area contributed by atoms with Crippen LogP contribution in [-0.2, 0) is 0 Å². The molecule has 5 heteroatoms. The van der Waals surface area contributed by atoms with Crippen LogP contribution in [0.3, 0.4) is 0 Å². The number of hydrogen-bond acceptors (Lipinski definition) is 4. The quantitative estimate of drug-likeness (QED) is 0.736. The van der Waals surface area contributed by atoms with Crippen molar-refractivity contribution in [3.05, 3.63) is 41.2 Å². The van der Waals surface area contributed by atoms with Gasteiger partial charge in [0.15, 0.2) is 0 Å². The molecule has 2 heterocycles. The number of aromatic nitrogens is 3. The zero-order valence-electron chi connectivity index (χ0n) is 9.47. The Labute approximate surface area is 98.6 Å². The van der Waals surface area contributed by atoms with Gasteiger partial charge in [-0.05, 0) is 19.9 Å². The van der Waals surface area contributed by atoms with Crippen molar-refractivity contribution < 1.29 is 0 Å². The van der Waals surface area contributed by atoms with E-state index in [1.165, 1.54) is 6.20 Å². The Hall–Kier alpha value is -2.66. The Kier molecular flexibility index (Phi) is 2.60. The maximum absolute atomic E-state index is 9.15. The van der Waals surface area contributed by atoms with Crippen LogP contribution < -0.4 is 0 Å². The topological polar surface area (TPSA) is 78.3 Å². The van der Waals surface area contributed by atoms with E-state index in [0.717, 1.165) is 5.69 Å². The standard InChI is InChI=1S/C12H9N5/c1-8-5-11(10(6-13)9(2)16-8)17-4-3-15-12(17)7-14/h3-5H,1-2H3. The van der Waals surface area contributed by atoms with Gasteiger partial charge in [0.25, 0.3) is 0 Å². The summed E-state index contributed by atoms with van der Waals surface area (Å²) in [5.74, 6) is 0.256. The van der Waals surface area contributed by atoms with Gasteiger partial charge in [-0.1, -0.05) is 0 Å². The van der Waals surface area contributed by atoms with Crippen LogP contribution in [0.25, 0.3) is 5.69 Å². The lowest BCUT2D eigenvalue weighted by Gasteiger charge is -2.09. The van der Waals surface area contributed by atoms with Crippen molar-refractivity contribution in [1.29, 1.82) is 10.5 Å². The average Bonchev–Trinajstić information content (AvgIpc) is 2.75. The number of rotatable bonds is 1. The fourth-order valence-electron chi connectivity index (χ4n) is 1.72. The van der Waals surface area contributed by atoms with Crippen molar-refractivity contribution in [3.8, 4) is 17.8 Å². The summed E-state index contributed by atoms with van der Waals surface area (Å²) >= 11 is 0. The van der Waals surface area contributed by atoms with Crippen molar-refractivity contribution in [1.82, 2.24) is 14.5 Å². The third kappa shape index (κ3) is 1.75. The van der Waals surface area contributed by atoms with Crippen molar-refractivity contribution >= 4 is 0 Å². The van der Waals surface area contributed by atoms with E-state index in [1.807, 2.05) is 13.0 Å². The van der Waals surface area contributed by atoms with E-state index in [0.29, 0.717) is 16.9 Å². The number of hydrogen-bond donors (Lipinski definition) is 0. The molecule has 0 amide bonds. The van der Waals surface area contributed by atoms with Crippen molar-refractivity contribution in [2.45, 2.75) is 13.8 Å². The molecule has 0 N–H and O–H groups in total. The molecule has 0 saturated heterocycles. The van der Waals surface area contributed by atoms with Gasteiger partial charge in [0, 0.05) is 18.1 Å². The Balaban J connectivity index is 2.77. The molecule has 2 aromatic heterocycles. The predicted octanol–water partition coefficient (Wildman–Crippen LogP) is 1.63. The minimum absolute atomic E-state index is 0.256. The molecule has 0 atom stereocenters. The third-order valence-corrected chi connectivity index (χ3v) is 2.42. The zero-order valence-corrected chi connectivity index (χ0v) is 9.47. The first-order valence-electron chi connectivity index (χ1n) is 4.99. The van der Waals surface area contributed by atoms with Crippen LogP contribution in [0.5, 0.6) is 0 Å². The van der Waals surface area contributed by atoms with Crippen molar-refractivity contribution in [3.63, 3.8) is 0 Å². The summed E-state index contributed by atoms with van der Waals surface area (Å²) in [5, 5.41) is 18.1. The molecule has 0 bridgehead atoms. The maximum atomic E-state index is 9.15. The molecule has 2 rings (SSSR count). The Bertz CT molecular complexity index is 655. The van der Waals surface area contributed by atoms with Crippen LogP contribution in [0.15, 0.2) is 18.5 Å². The van der Waals surface area contributed by atoms with Crippen LogP contribution in [0.1, 0.15) is 22.8 Å². The van der Waals surface area contributed by atoms with Crippen LogP contribution in [0.4, 0.5) is 0 Å². The molecule has 0 spiro atoms. The molecule has 82 valence electrons. The van der Waals surface area contributed by atoms with Gasteiger partial charge >= 0.3 is 0 Å². The minimum atomic E-state index is 0.256. The fraction of sp³-hybridized carbons (Fsp3) is 0.167. The summed E-state index contributed by atoms with van der Waals surface area (Å²) in [5.41, 5.74) is 2.56. The normalized spacial score (nSPS) is 9.65. The van der Waals surface area contributed by atoms with E-state index in [1.54, 1.807) is 23.8 Å². The number of nitrogens with zero attached hydrogens (tertiary/aromatic N) is 5. The van der Waals surface area contributed by atoms with Crippen LogP contribution >= 0.6 is 0 Å². The van der Waals surface area contributed by atoms with E-state index >= 15 is 0 Å². The SMILES string of the molecule is Cc1cc(-n2ccnc2C#N)c(C#N)c(C)n1. The van der Waals surface area contributed by atoms with Gasteiger partial charge in [0.1, 0.15) is 12.1 Å². The molecule has 0 aliphatic rings. The van der Waals surface area contributed by atoms with Crippen LogP contribution in [0, 0.1) is 36.5 Å². The Morgan fingerprint density at radius 3 is 2.65 bits per heavy atom. The molecule has 0 saturated carbocycles. The molecule has 0 aliphatic heterocycles. The molecule has 0 aromatic carbocycles. The molecule has 0 fully saturated rings. The lowest BCUT2D eigenvalue weighted by molar-refractivity contribution is 0.983. The summed E-state index contributed by atoms with van der Waals surface area (Å²) in [4.78, 5) is 8.15. The van der Waals surface area contributed by atoms with Gasteiger partial charge in [0.05, 0.1) is 16.9 Å². The zero-order chi connectivity index (χ0) is 12.4. The van der Waals surface area contributed by atoms with E-state index in [-0.39, 0.29) is 5.82 Å². The maximum Gasteiger partial charge on any atom is 0.217 e. The van der Waals surface area contributed by atoms with Crippen LogP contribution in [-0.4, -0.2) is 14.5 Å². The molecular weight excluding hydrogens is 214 g/mol. The molecule has 0 radical (unpaired) electrons. The summed E-state index contributed by atoms with van der Waals surface area (Å²) < 4.78 is 1.60. The fourth-order valence-corrected chi connectivity index (χ4v) is 1.72. The molecule has 0 unspecified atom stereocenters. The first kappa shape index (κ1) is 10.8. The van der Waals surface area contributed by atoms with E-state index in [2.05, 4.69) is 16.0 Å². The van der Waals surface area contributed by atoms with Crippen LogP contribution in [0.2, 0.25) is 0 Å². The largest absolute Gasteiger partial charge is 0.290 e. The number of aryl methyl sites for hydroxylation is 2. The van der Waals surface area contributed by atoms with Gasteiger partial charge in [0.2, 0.25) is 5.82 Å². The van der Waals surface area contributed by atoms with Gasteiger partial charge in [-0.15, -0.1) is 0 Å². The number of imidazole rings is 1. The summed E-state index contributed by atoms with van der Waals surface area (Å²) in [6.07, 6.45) is 3.19. The third-order valence-electron chi connectivity index (χ3n) is 2.42. The van der Waals surface area contributed by atoms with E-state index < -0.39 is 0 Å². The summed E-state index contributed by atoms with van der Waals surface area (Å²) in [7, 11) is 0. The Morgan fingerprint density at radius 2 is 2.00 bits per heavy atom. The summed E-state index contributed by atoms with van der Waals surface area (Å²) in [6.45, 7) is 3.62. The van der Waals surface area contributed by atoms with Gasteiger partial charge < -0.3 is 0 Å². The highest BCUT2D eigenvalue weighted by molar-refractivity contribution is 5.53. The highest BCUT2D eigenvalue weighted by atomic mass is 15.1. The second kappa shape index (κ2) is 4.07. The highest BCUT2D eigenvalue weighted by Crippen LogP contribution is 2.19. The number of pyridine rings is 1. The van der Waals surface area contributed by atoms with Gasteiger partial charge in [-0.25, -0.2) is 4.98 Å². The second-order valence-electron chi connectivity index (χ2n) is 3.59. The van der Waals surface area contributed by atoms with E-state index in [4.69, 9.17) is 10.5 Å². The second-order valence-corrected chi connectivity index (χ2v) is 3.59. The van der Waals surface area contributed by atoms with Crippen molar-refractivity contribution in [2.75, 3.05) is 0 Å². The lowest BCUT2D eigenvalue weighted by atomic mass is 10.1. The van der Waals surface area contributed by atoms with Gasteiger partial charge in [-0.3, -0.25) is 9.55 Å². The monoisotopic (exact) mass is 223 g/mol. The number of nitriles is 2.